The molecule has 1 saturated heterocycles. The molecule has 3 aromatic carbocycles. The van der Waals surface area contributed by atoms with Crippen LogP contribution in [0.5, 0.6) is 0 Å². The normalized spacial score (nSPS) is 18.7. The van der Waals surface area contributed by atoms with Gasteiger partial charge in [0.05, 0.1) is 5.56 Å². The summed E-state index contributed by atoms with van der Waals surface area (Å²) in [5.41, 5.74) is 1.08. The Morgan fingerprint density at radius 2 is 1.77 bits per heavy atom. The number of hydrogen-bond acceptors (Lipinski definition) is 7. The van der Waals surface area contributed by atoms with Crippen molar-refractivity contribution in [3.8, 4) is 0 Å². The minimum Gasteiger partial charge on any atom is -0.427 e. The highest BCUT2D eigenvalue weighted by Crippen LogP contribution is 2.43. The first-order valence-corrected chi connectivity index (χ1v) is 15.8. The zero-order valence-electron chi connectivity index (χ0n) is 24.5. The van der Waals surface area contributed by atoms with E-state index in [2.05, 4.69) is 31.9 Å². The minimum atomic E-state index is -1.26. The van der Waals surface area contributed by atoms with Gasteiger partial charge in [0.25, 0.3) is 11.8 Å². The molecule has 1 fully saturated rings. The van der Waals surface area contributed by atoms with Crippen LogP contribution in [0.4, 0.5) is 16.2 Å². The molecule has 232 valence electrons. The smallest absolute Gasteiger partial charge is 0.427 e. The van der Waals surface area contributed by atoms with Gasteiger partial charge in [-0.2, -0.15) is 0 Å². The third-order valence-electron chi connectivity index (χ3n) is 7.39. The fourth-order valence-corrected chi connectivity index (χ4v) is 6.16. The van der Waals surface area contributed by atoms with E-state index in [0.29, 0.717) is 58.5 Å². The third kappa shape index (κ3) is 7.48. The third-order valence-corrected chi connectivity index (χ3v) is 8.36. The molecule has 12 heteroatoms. The van der Waals surface area contributed by atoms with E-state index in [1.807, 2.05) is 24.3 Å². The van der Waals surface area contributed by atoms with Gasteiger partial charge in [0, 0.05) is 57.0 Å². The zero-order valence-corrected chi connectivity index (χ0v) is 27.6. The van der Waals surface area contributed by atoms with E-state index in [0.717, 1.165) is 10.0 Å². The van der Waals surface area contributed by atoms with E-state index in [9.17, 15) is 14.4 Å². The van der Waals surface area contributed by atoms with Crippen LogP contribution >= 0.6 is 39.1 Å². The van der Waals surface area contributed by atoms with Crippen LogP contribution < -0.4 is 16.0 Å². The molecule has 3 N–H and O–H groups in total. The first kappa shape index (κ1) is 32.1. The lowest BCUT2D eigenvalue weighted by Gasteiger charge is -2.33. The number of amides is 2. The van der Waals surface area contributed by atoms with Crippen molar-refractivity contribution >= 4 is 68.5 Å². The highest BCUT2D eigenvalue weighted by atomic mass is 79.9. The Hall–Kier alpha value is -3.31. The molecule has 1 unspecified atom stereocenters. The maximum Gasteiger partial charge on any atom is 0.528 e. The summed E-state index contributed by atoms with van der Waals surface area (Å²) in [6.07, 6.45) is 0.654. The number of halogens is 3. The standard InChI is InChI=1S/C32H33BrCl2N4O5/c1-31(2,3)43-30(42)44-39-13-11-23(12-14-39)36-28(40)24-9-7-20(33)16-26(24)38-32(18-19-5-4-6-21(34)15-19)25-10-8-22(35)17-27(25)37-29(32)41/h4-10,15-17,23,38H,11-14,18H2,1-3H3,(H,36,40)(H,37,41). The highest BCUT2D eigenvalue weighted by molar-refractivity contribution is 9.10. The van der Waals surface area contributed by atoms with Crippen LogP contribution in [0.3, 0.4) is 0 Å². The van der Waals surface area contributed by atoms with E-state index in [4.69, 9.17) is 32.8 Å². The highest BCUT2D eigenvalue weighted by Gasteiger charge is 2.47. The summed E-state index contributed by atoms with van der Waals surface area (Å²) < 4.78 is 5.96. The first-order chi connectivity index (χ1) is 20.8. The minimum absolute atomic E-state index is 0.143. The second-order valence-electron chi connectivity index (χ2n) is 11.9. The molecule has 0 bridgehead atoms. The van der Waals surface area contributed by atoms with Crippen molar-refractivity contribution in [1.82, 2.24) is 10.4 Å². The molecule has 0 aromatic heterocycles. The number of carbonyl (C=O) groups is 3. The lowest BCUT2D eigenvalue weighted by Crippen LogP contribution is -2.46. The summed E-state index contributed by atoms with van der Waals surface area (Å²) in [5, 5.41) is 12.1. The maximum absolute atomic E-state index is 13.8. The fraction of sp³-hybridized carbons (Fsp3) is 0.344. The molecule has 2 heterocycles. The predicted octanol–water partition coefficient (Wildman–Crippen LogP) is 7.32. The monoisotopic (exact) mass is 702 g/mol. The van der Waals surface area contributed by atoms with Crippen LogP contribution in [-0.2, 0) is 26.3 Å². The van der Waals surface area contributed by atoms with Crippen molar-refractivity contribution in [2.24, 2.45) is 0 Å². The van der Waals surface area contributed by atoms with E-state index in [1.165, 1.54) is 0 Å². The largest absolute Gasteiger partial charge is 0.528 e. The molecular weight excluding hydrogens is 671 g/mol. The zero-order chi connectivity index (χ0) is 31.6. The average molecular weight is 704 g/mol. The fourth-order valence-electron chi connectivity index (χ4n) is 5.42. The molecule has 9 nitrogen and oxygen atoms in total. The Morgan fingerprint density at radius 3 is 2.48 bits per heavy atom. The summed E-state index contributed by atoms with van der Waals surface area (Å²) >= 11 is 16.1. The van der Waals surface area contributed by atoms with Crippen molar-refractivity contribution in [2.45, 2.75) is 57.2 Å². The van der Waals surface area contributed by atoms with Crippen molar-refractivity contribution < 1.29 is 24.0 Å². The van der Waals surface area contributed by atoms with Crippen molar-refractivity contribution in [3.63, 3.8) is 0 Å². The summed E-state index contributed by atoms with van der Waals surface area (Å²) in [7, 11) is 0. The van der Waals surface area contributed by atoms with Crippen LogP contribution in [0.1, 0.15) is 55.1 Å². The number of nitrogens with zero attached hydrogens (tertiary/aromatic N) is 1. The van der Waals surface area contributed by atoms with E-state index >= 15 is 0 Å². The summed E-state index contributed by atoms with van der Waals surface area (Å²) in [6, 6.07) is 17.7. The number of hydrogen-bond donors (Lipinski definition) is 3. The Balaban J connectivity index is 1.37. The van der Waals surface area contributed by atoms with Gasteiger partial charge in [-0.25, -0.2) is 4.79 Å². The molecule has 3 aromatic rings. The summed E-state index contributed by atoms with van der Waals surface area (Å²) in [6.45, 7) is 6.20. The van der Waals surface area contributed by atoms with E-state index in [-0.39, 0.29) is 24.3 Å². The van der Waals surface area contributed by atoms with Gasteiger partial charge >= 0.3 is 6.16 Å². The van der Waals surface area contributed by atoms with Gasteiger partial charge in [-0.05, 0) is 81.6 Å². The van der Waals surface area contributed by atoms with Crippen molar-refractivity contribution in [2.75, 3.05) is 23.7 Å². The number of nitrogens with one attached hydrogen (secondary N) is 3. The van der Waals surface area contributed by atoms with Crippen LogP contribution in [0, 0.1) is 0 Å². The Bertz CT molecular complexity index is 1590. The van der Waals surface area contributed by atoms with Gasteiger partial charge in [0.2, 0.25) is 0 Å². The Morgan fingerprint density at radius 1 is 1.05 bits per heavy atom. The molecule has 2 aliphatic rings. The first-order valence-electron chi connectivity index (χ1n) is 14.2. The van der Waals surface area contributed by atoms with Gasteiger partial charge in [0.15, 0.2) is 0 Å². The quantitative estimate of drug-likeness (QED) is 0.221. The van der Waals surface area contributed by atoms with Crippen molar-refractivity contribution in [1.29, 1.82) is 0 Å². The van der Waals surface area contributed by atoms with Gasteiger partial charge in [0.1, 0.15) is 11.1 Å². The maximum atomic E-state index is 13.8. The molecule has 2 aliphatic heterocycles. The Kier molecular flexibility index (Phi) is 9.46. The van der Waals surface area contributed by atoms with Gasteiger partial charge in [-0.1, -0.05) is 57.3 Å². The molecule has 0 aliphatic carbocycles. The predicted molar refractivity (Wildman–Crippen MR) is 174 cm³/mol. The van der Waals surface area contributed by atoms with E-state index in [1.54, 1.807) is 62.2 Å². The second-order valence-corrected chi connectivity index (χ2v) is 13.7. The van der Waals surface area contributed by atoms with Gasteiger partial charge < -0.3 is 25.5 Å². The molecule has 1 atom stereocenters. The average Bonchev–Trinajstić information content (AvgIpc) is 3.18. The van der Waals surface area contributed by atoms with Crippen LogP contribution in [-0.4, -0.2) is 47.8 Å². The second kappa shape index (κ2) is 13.0. The number of rotatable bonds is 7. The number of fused-ring (bicyclic) bond motifs is 1. The Labute approximate surface area is 274 Å². The molecular formula is C32H33BrCl2N4O5. The number of anilines is 2. The molecule has 5 rings (SSSR count). The number of carbonyl (C=O) groups excluding carboxylic acids is 3. The van der Waals surface area contributed by atoms with Gasteiger partial charge in [-0.15, -0.1) is 5.06 Å². The summed E-state index contributed by atoms with van der Waals surface area (Å²) in [4.78, 5) is 44.9. The molecule has 0 radical (unpaired) electrons. The number of piperidine rings is 1. The molecule has 44 heavy (non-hydrogen) atoms. The van der Waals surface area contributed by atoms with Crippen LogP contribution in [0.2, 0.25) is 10.0 Å². The van der Waals surface area contributed by atoms with Crippen LogP contribution in [0.25, 0.3) is 0 Å². The molecule has 0 spiro atoms. The number of hydroxylamine groups is 2. The molecule has 0 saturated carbocycles. The van der Waals surface area contributed by atoms with Crippen molar-refractivity contribution in [3.05, 3.63) is 91.9 Å². The van der Waals surface area contributed by atoms with E-state index < -0.39 is 17.3 Å². The number of ether oxygens (including phenoxy) is 1. The molecule has 2 amide bonds. The topological polar surface area (TPSA) is 109 Å². The van der Waals surface area contributed by atoms with Gasteiger partial charge in [-0.3, -0.25) is 9.59 Å². The lowest BCUT2D eigenvalue weighted by molar-refractivity contribution is -0.152. The lowest BCUT2D eigenvalue weighted by atomic mass is 9.84. The SMILES string of the molecule is CC(C)(C)OC(=O)ON1CCC(NC(=O)c2ccc(Br)cc2NC2(Cc3cccc(Cl)c3)C(=O)Nc3cc(Cl)ccc32)CC1. The van der Waals surface area contributed by atoms with Crippen LogP contribution in [0.15, 0.2) is 65.1 Å². The number of benzene rings is 3. The summed E-state index contributed by atoms with van der Waals surface area (Å²) in [5.74, 6) is -0.572.